The number of rotatable bonds is 17. The fourth-order valence-corrected chi connectivity index (χ4v) is 13.5. The molecule has 8 rings (SSSR count). The topological polar surface area (TPSA) is 134 Å². The Morgan fingerprint density at radius 1 is 0.819 bits per heavy atom. The summed E-state index contributed by atoms with van der Waals surface area (Å²) >= 11 is 9.17. The van der Waals surface area contributed by atoms with E-state index in [9.17, 15) is 30.0 Å². The predicted octanol–water partition coefficient (Wildman–Crippen LogP) is 10.7. The normalized spacial score (nSPS) is 17.7. The number of nitrogens with zero attached hydrogens (tertiary/aromatic N) is 4. The monoisotopic (exact) mass is 1080 g/mol. The molecule has 0 aromatic heterocycles. The minimum absolute atomic E-state index is 0.103. The summed E-state index contributed by atoms with van der Waals surface area (Å²) in [5.74, 6) is -0.629. The number of ether oxygens (including phenoxy) is 1. The maximum absolute atomic E-state index is 15.3. The van der Waals surface area contributed by atoms with E-state index in [4.69, 9.17) is 21.5 Å². The van der Waals surface area contributed by atoms with Crippen LogP contribution in [0.5, 0.6) is 0 Å². The number of alkyl halides is 3. The lowest BCUT2D eigenvalue weighted by molar-refractivity contribution is -0.0436. The van der Waals surface area contributed by atoms with Gasteiger partial charge in [0.05, 0.1) is 23.8 Å². The Morgan fingerprint density at radius 2 is 1.47 bits per heavy atom. The molecule has 1 aliphatic carbocycles. The van der Waals surface area contributed by atoms with Crippen LogP contribution in [0.15, 0.2) is 151 Å². The zero-order valence-electron chi connectivity index (χ0n) is 40.2. The first-order chi connectivity index (χ1) is 34.3. The molecule has 5 aromatic carbocycles. The number of amides is 1. The Bertz CT molecular complexity index is 2950. The Balaban J connectivity index is 1.11. The smallest absolute Gasteiger partial charge is 0.379 e. The second kappa shape index (κ2) is 23.0. The summed E-state index contributed by atoms with van der Waals surface area (Å²) in [6.07, 6.45) is 3.33. The second-order valence-electron chi connectivity index (χ2n) is 19.1. The van der Waals surface area contributed by atoms with E-state index < -0.39 is 52.8 Å². The predicted molar refractivity (Wildman–Crippen MR) is 282 cm³/mol. The van der Waals surface area contributed by atoms with Gasteiger partial charge in [0.15, 0.2) is 0 Å². The molecule has 19 heteroatoms. The van der Waals surface area contributed by atoms with E-state index in [2.05, 4.69) is 40.7 Å². The van der Waals surface area contributed by atoms with Gasteiger partial charge in [-0.15, -0.1) is 11.8 Å². The third kappa shape index (κ3) is 13.3. The first-order valence-electron chi connectivity index (χ1n) is 23.9. The van der Waals surface area contributed by atoms with Crippen molar-refractivity contribution in [1.29, 1.82) is 0 Å². The van der Waals surface area contributed by atoms with E-state index in [0.717, 1.165) is 76.3 Å². The number of sulfone groups is 1. The average molecular weight is 1080 g/mol. The molecule has 11 nitrogen and oxygen atoms in total. The second-order valence-corrected chi connectivity index (χ2v) is 25.2. The van der Waals surface area contributed by atoms with Crippen molar-refractivity contribution in [3.63, 3.8) is 0 Å². The number of anilines is 2. The van der Waals surface area contributed by atoms with Gasteiger partial charge in [0.25, 0.3) is 15.7 Å². The van der Waals surface area contributed by atoms with Gasteiger partial charge in [0.1, 0.15) is 4.90 Å². The minimum Gasteiger partial charge on any atom is -0.379 e. The highest BCUT2D eigenvalue weighted by molar-refractivity contribution is 8.02. The molecule has 5 aromatic rings. The van der Waals surface area contributed by atoms with Crippen LogP contribution in [0.4, 0.5) is 24.5 Å². The van der Waals surface area contributed by atoms with Crippen molar-refractivity contribution in [2.45, 2.75) is 75.6 Å². The zero-order chi connectivity index (χ0) is 51.3. The number of primary sulfonamides is 1. The average Bonchev–Trinajstić information content (AvgIpc) is 3.35. The van der Waals surface area contributed by atoms with Gasteiger partial charge in [-0.3, -0.25) is 14.6 Å². The summed E-state index contributed by atoms with van der Waals surface area (Å²) in [4.78, 5) is 23.7. The fraction of sp³-hybridized carbons (Fsp3) is 0.377. The van der Waals surface area contributed by atoms with Gasteiger partial charge in [-0.1, -0.05) is 85.2 Å². The number of carbonyl (C=O) groups is 1. The number of thioether (sulfide) groups is 1. The molecule has 0 radical (unpaired) electrons. The molecule has 72 heavy (non-hydrogen) atoms. The third-order valence-electron chi connectivity index (χ3n) is 13.5. The van der Waals surface area contributed by atoms with Crippen molar-refractivity contribution in [2.75, 3.05) is 81.1 Å². The van der Waals surface area contributed by atoms with Crippen LogP contribution in [-0.2, 0) is 24.6 Å². The third-order valence-corrected chi connectivity index (χ3v) is 18.6. The van der Waals surface area contributed by atoms with Crippen LogP contribution in [0, 0.1) is 5.41 Å². The molecule has 2 aliphatic heterocycles. The summed E-state index contributed by atoms with van der Waals surface area (Å²) in [5.41, 5.74) is -1.28. The number of allylic oxidation sites excluding steroid dienone is 1. The fourth-order valence-electron chi connectivity index (χ4n) is 9.53. The summed E-state index contributed by atoms with van der Waals surface area (Å²) in [6.45, 7) is 11.0. The van der Waals surface area contributed by atoms with Crippen LogP contribution >= 0.6 is 35.1 Å². The van der Waals surface area contributed by atoms with Crippen molar-refractivity contribution in [3.8, 4) is 0 Å². The van der Waals surface area contributed by atoms with Gasteiger partial charge in [0.2, 0.25) is 10.0 Å². The minimum atomic E-state index is -6.26. The molecule has 0 spiro atoms. The van der Waals surface area contributed by atoms with Crippen molar-refractivity contribution in [1.82, 2.24) is 9.80 Å². The Labute approximate surface area is 434 Å². The van der Waals surface area contributed by atoms with Crippen LogP contribution in [-0.4, -0.2) is 115 Å². The van der Waals surface area contributed by atoms with Crippen LogP contribution in [0.2, 0.25) is 5.02 Å². The van der Waals surface area contributed by atoms with E-state index in [0.29, 0.717) is 57.0 Å². The number of carbonyl (C=O) groups excluding carboxylic acids is 1. The Kier molecular flexibility index (Phi) is 17.2. The molecule has 0 saturated carbocycles. The van der Waals surface area contributed by atoms with Gasteiger partial charge in [-0.25, -0.2) is 22.0 Å². The van der Waals surface area contributed by atoms with Crippen molar-refractivity contribution in [2.24, 2.45) is 10.6 Å². The first-order valence-corrected chi connectivity index (χ1v) is 29.1. The van der Waals surface area contributed by atoms with Gasteiger partial charge < -0.3 is 14.5 Å². The molecule has 3 aliphatic rings. The quantitative estimate of drug-likeness (QED) is 0.0892. The molecule has 1 atom stereocenters. The highest BCUT2D eigenvalue weighted by atomic mass is 35.5. The van der Waals surface area contributed by atoms with Crippen LogP contribution in [0.1, 0.15) is 55.5 Å². The number of nitrogens with two attached hydrogens (primary N) is 1. The van der Waals surface area contributed by atoms with Crippen LogP contribution in [0.25, 0.3) is 5.57 Å². The van der Waals surface area contributed by atoms with E-state index in [1.54, 1.807) is 24.3 Å². The van der Waals surface area contributed by atoms with Crippen LogP contribution in [0.3, 0.4) is 0 Å². The van der Waals surface area contributed by atoms with Gasteiger partial charge in [0, 0.05) is 95.1 Å². The van der Waals surface area contributed by atoms with Crippen molar-refractivity contribution >= 4 is 77.8 Å². The number of halogens is 4. The van der Waals surface area contributed by atoms with Gasteiger partial charge in [-0.2, -0.15) is 13.2 Å². The van der Waals surface area contributed by atoms with Crippen molar-refractivity contribution < 1.29 is 39.5 Å². The molecule has 2 N–H and O–H groups in total. The summed E-state index contributed by atoms with van der Waals surface area (Å²) in [5, 5.41) is 6.08. The molecule has 2 saturated heterocycles. The molecule has 0 unspecified atom stereocenters. The van der Waals surface area contributed by atoms with E-state index >= 15 is 4.79 Å². The lowest BCUT2D eigenvalue weighted by Crippen LogP contribution is -2.47. The highest BCUT2D eigenvalue weighted by Crippen LogP contribution is 2.44. The van der Waals surface area contributed by atoms with Gasteiger partial charge in [-0.05, 0) is 121 Å². The standard InChI is InChI=1S/C53H59ClF3N5O6S4/c1-52(2)24-22-46(38-12-16-41(54)17-13-38)40(35-52)36-60-26-28-61(29-27-60)42-18-14-39(15-19-42)51(63)62(47-21-20-45(72(58,66)67)34-50(47)71(64,65)53(55,56)57)43(23-25-59-30-32-68-33-31-59)37-69-48-10-6-7-11-49(48)70-44-8-4-3-5-9-44/h3-21,34,43H,22-33,35-37H2,1-2H3,(H2,58,66,67)/t43-/m1/s1. The van der Waals surface area contributed by atoms with E-state index in [1.807, 2.05) is 66.7 Å². The molecular weight excluding hydrogens is 1020 g/mol. The summed E-state index contributed by atoms with van der Waals surface area (Å²) in [7, 11) is -10.9. The SMILES string of the molecule is CC1(C)CCC(c2ccc(Cl)cc2)=C(CN2CCN(c3ccc(C(=O)N(c4ccc(S(N)(=O)=O)cc4S(=O)(=O)C(F)(F)F)[C@H](CCN4CCOCC4)CSc4ccccc4Sc4ccccc4)cc3)CC2)C1. The van der Waals surface area contributed by atoms with E-state index in [1.165, 1.54) is 40.2 Å². The van der Waals surface area contributed by atoms with Crippen LogP contribution < -0.4 is 14.9 Å². The summed E-state index contributed by atoms with van der Waals surface area (Å²) in [6, 6.07) is 33.7. The zero-order valence-corrected chi connectivity index (χ0v) is 44.2. The number of morpholine rings is 1. The number of hydrogen-bond donors (Lipinski definition) is 1. The Morgan fingerprint density at radius 3 is 2.12 bits per heavy atom. The van der Waals surface area contributed by atoms with E-state index in [-0.39, 0.29) is 23.2 Å². The number of sulfonamides is 1. The maximum Gasteiger partial charge on any atom is 0.501 e. The number of hydrogen-bond acceptors (Lipinski definition) is 11. The molecule has 384 valence electrons. The summed E-state index contributed by atoms with van der Waals surface area (Å²) < 4.78 is 102. The maximum atomic E-state index is 15.3. The lowest BCUT2D eigenvalue weighted by atomic mass is 9.73. The number of benzene rings is 5. The molecule has 2 heterocycles. The van der Waals surface area contributed by atoms with Crippen molar-refractivity contribution in [3.05, 3.63) is 143 Å². The highest BCUT2D eigenvalue weighted by Gasteiger charge is 2.49. The first kappa shape index (κ1) is 53.9. The molecular formula is C53H59ClF3N5O6S4. The lowest BCUT2D eigenvalue weighted by Gasteiger charge is -2.39. The van der Waals surface area contributed by atoms with Gasteiger partial charge >= 0.3 is 5.51 Å². The largest absolute Gasteiger partial charge is 0.501 e. The molecule has 1 amide bonds. The molecule has 2 fully saturated rings. The Hall–Kier alpha value is -4.37. The number of piperazine rings is 1. The molecule has 0 bridgehead atoms.